The molecule has 0 radical (unpaired) electrons. The molecule has 102 valence electrons. The zero-order valence-corrected chi connectivity index (χ0v) is 11.5. The maximum atomic E-state index is 5.87. The first-order chi connectivity index (χ1) is 8.85. The lowest BCUT2D eigenvalue weighted by Crippen LogP contribution is -2.24. The van der Waals surface area contributed by atoms with Gasteiger partial charge in [-0.2, -0.15) is 0 Å². The van der Waals surface area contributed by atoms with Crippen molar-refractivity contribution >= 4 is 11.6 Å². The zero-order valence-electron chi connectivity index (χ0n) is 10.8. The van der Waals surface area contributed by atoms with E-state index >= 15 is 0 Å². The molecule has 18 heavy (non-hydrogen) atoms. The van der Waals surface area contributed by atoms with Crippen molar-refractivity contribution in [2.75, 3.05) is 20.3 Å². The summed E-state index contributed by atoms with van der Waals surface area (Å²) in [5.74, 6) is 2.14. The van der Waals surface area contributed by atoms with Crippen molar-refractivity contribution in [3.05, 3.63) is 11.6 Å². The van der Waals surface area contributed by atoms with Gasteiger partial charge in [-0.05, 0) is 19.3 Å². The summed E-state index contributed by atoms with van der Waals surface area (Å²) in [6.07, 6.45) is 4.59. The molecule has 5 nitrogen and oxygen atoms in total. The molecule has 1 aliphatic heterocycles. The van der Waals surface area contributed by atoms with Crippen molar-refractivity contribution in [1.29, 1.82) is 0 Å². The van der Waals surface area contributed by atoms with Crippen LogP contribution in [0, 0.1) is 0 Å². The average molecular weight is 274 g/mol. The fourth-order valence-electron chi connectivity index (χ4n) is 2.23. The Kier molecular flexibility index (Phi) is 5.41. The lowest BCUT2D eigenvalue weighted by molar-refractivity contribution is 0.0149. The molecule has 0 amide bonds. The molecule has 0 spiro atoms. The molecule has 0 aliphatic carbocycles. The smallest absolute Gasteiger partial charge is 0.148 e. The molecule has 0 saturated carbocycles. The van der Waals surface area contributed by atoms with Gasteiger partial charge in [-0.15, -0.1) is 21.8 Å². The van der Waals surface area contributed by atoms with Crippen LogP contribution in [0.25, 0.3) is 0 Å². The van der Waals surface area contributed by atoms with E-state index in [0.29, 0.717) is 12.5 Å². The van der Waals surface area contributed by atoms with Crippen molar-refractivity contribution in [2.45, 2.75) is 44.2 Å². The van der Waals surface area contributed by atoms with E-state index in [4.69, 9.17) is 21.1 Å². The van der Waals surface area contributed by atoms with Gasteiger partial charge in [-0.1, -0.05) is 0 Å². The van der Waals surface area contributed by atoms with Gasteiger partial charge >= 0.3 is 0 Å². The van der Waals surface area contributed by atoms with Crippen molar-refractivity contribution in [3.8, 4) is 0 Å². The van der Waals surface area contributed by atoms with Gasteiger partial charge in [0.2, 0.25) is 0 Å². The van der Waals surface area contributed by atoms with Gasteiger partial charge in [0.15, 0.2) is 0 Å². The van der Waals surface area contributed by atoms with E-state index in [1.807, 2.05) is 0 Å². The Balaban J connectivity index is 2.03. The van der Waals surface area contributed by atoms with Crippen LogP contribution in [0.4, 0.5) is 0 Å². The van der Waals surface area contributed by atoms with Crippen molar-refractivity contribution in [2.24, 2.45) is 0 Å². The van der Waals surface area contributed by atoms with E-state index < -0.39 is 0 Å². The maximum Gasteiger partial charge on any atom is 0.148 e. The van der Waals surface area contributed by atoms with Crippen LogP contribution in [0.1, 0.15) is 30.9 Å². The lowest BCUT2D eigenvalue weighted by Gasteiger charge is -2.22. The molecular weight excluding hydrogens is 254 g/mol. The number of ether oxygens (including phenoxy) is 2. The first-order valence-electron chi connectivity index (χ1n) is 6.42. The maximum absolute atomic E-state index is 5.87. The quantitative estimate of drug-likeness (QED) is 0.742. The highest BCUT2D eigenvalue weighted by molar-refractivity contribution is 6.16. The number of nitrogens with zero attached hydrogens (tertiary/aromatic N) is 3. The minimum atomic E-state index is 0.271. The van der Waals surface area contributed by atoms with E-state index in [1.54, 1.807) is 7.11 Å². The Hall–Kier alpha value is -0.650. The third-order valence-corrected chi connectivity index (χ3v) is 3.47. The lowest BCUT2D eigenvalue weighted by atomic mass is 10.1. The molecule has 6 heteroatoms. The molecule has 1 aromatic heterocycles. The number of alkyl halides is 1. The highest BCUT2D eigenvalue weighted by Crippen LogP contribution is 2.17. The summed E-state index contributed by atoms with van der Waals surface area (Å²) in [5, 5.41) is 8.35. The number of rotatable bonds is 6. The first kappa shape index (κ1) is 13.8. The second-order valence-electron chi connectivity index (χ2n) is 4.50. The molecule has 1 fully saturated rings. The summed E-state index contributed by atoms with van der Waals surface area (Å²) in [6, 6.07) is 0. The average Bonchev–Trinajstić information content (AvgIpc) is 2.79. The van der Waals surface area contributed by atoms with Crippen LogP contribution in [-0.2, 0) is 28.3 Å². The molecule has 1 unspecified atom stereocenters. The molecule has 2 rings (SSSR count). The Labute approximate surface area is 112 Å². The number of methoxy groups -OCH3 is 1. The number of hydrogen-bond donors (Lipinski definition) is 0. The molecule has 1 aromatic rings. The highest BCUT2D eigenvalue weighted by atomic mass is 35.5. The van der Waals surface area contributed by atoms with Crippen LogP contribution in [0.15, 0.2) is 0 Å². The number of hydrogen-bond acceptors (Lipinski definition) is 4. The molecule has 0 aromatic carbocycles. The van der Waals surface area contributed by atoms with E-state index in [1.165, 1.54) is 12.8 Å². The van der Waals surface area contributed by atoms with E-state index in [0.717, 1.165) is 37.6 Å². The van der Waals surface area contributed by atoms with Gasteiger partial charge in [0.1, 0.15) is 11.6 Å². The van der Waals surface area contributed by atoms with Crippen molar-refractivity contribution < 1.29 is 9.47 Å². The normalized spacial score (nSPS) is 20.2. The largest absolute Gasteiger partial charge is 0.383 e. The third-order valence-electron chi connectivity index (χ3n) is 3.23. The molecule has 0 bridgehead atoms. The molecule has 1 saturated heterocycles. The van der Waals surface area contributed by atoms with Crippen LogP contribution in [0.3, 0.4) is 0 Å². The molecule has 2 heterocycles. The standard InChI is InChI=1S/C12H20ClN3O2/c1-17-7-5-16-11(14-15-12(16)9-13)8-10-4-2-3-6-18-10/h10H,2-9H2,1H3. The second kappa shape index (κ2) is 7.07. The van der Waals surface area contributed by atoms with Gasteiger partial charge in [0.05, 0.1) is 18.6 Å². The fourth-order valence-corrected chi connectivity index (χ4v) is 2.43. The van der Waals surface area contributed by atoms with Crippen molar-refractivity contribution in [1.82, 2.24) is 14.8 Å². The second-order valence-corrected chi connectivity index (χ2v) is 4.77. The summed E-state index contributed by atoms with van der Waals surface area (Å²) in [4.78, 5) is 0. The molecular formula is C12H20ClN3O2. The summed E-state index contributed by atoms with van der Waals surface area (Å²) in [7, 11) is 1.69. The van der Waals surface area contributed by atoms with Crippen LogP contribution in [0.5, 0.6) is 0 Å². The predicted molar refractivity (Wildman–Crippen MR) is 68.8 cm³/mol. The van der Waals surface area contributed by atoms with E-state index in [9.17, 15) is 0 Å². The third kappa shape index (κ3) is 3.43. The van der Waals surface area contributed by atoms with Gasteiger partial charge in [0, 0.05) is 26.7 Å². The summed E-state index contributed by atoms with van der Waals surface area (Å²) in [6.45, 7) is 2.24. The summed E-state index contributed by atoms with van der Waals surface area (Å²) >= 11 is 5.87. The Bertz CT molecular complexity index is 364. The van der Waals surface area contributed by atoms with Crippen LogP contribution in [-0.4, -0.2) is 41.2 Å². The SMILES string of the molecule is COCCn1c(CCl)nnc1CC1CCCCO1. The van der Waals surface area contributed by atoms with Crippen molar-refractivity contribution in [3.63, 3.8) is 0 Å². The molecule has 1 atom stereocenters. The minimum Gasteiger partial charge on any atom is -0.383 e. The van der Waals surface area contributed by atoms with Gasteiger partial charge in [-0.3, -0.25) is 0 Å². The topological polar surface area (TPSA) is 49.2 Å². The van der Waals surface area contributed by atoms with Gasteiger partial charge < -0.3 is 14.0 Å². The van der Waals surface area contributed by atoms with Crippen LogP contribution < -0.4 is 0 Å². The van der Waals surface area contributed by atoms with Crippen LogP contribution in [0.2, 0.25) is 0 Å². The van der Waals surface area contributed by atoms with Gasteiger partial charge in [0.25, 0.3) is 0 Å². The first-order valence-corrected chi connectivity index (χ1v) is 6.96. The molecule has 1 aliphatic rings. The Morgan fingerprint density at radius 2 is 2.22 bits per heavy atom. The molecule has 0 N–H and O–H groups in total. The zero-order chi connectivity index (χ0) is 12.8. The highest BCUT2D eigenvalue weighted by Gasteiger charge is 2.19. The fraction of sp³-hybridized carbons (Fsp3) is 0.833. The Morgan fingerprint density at radius 1 is 1.39 bits per heavy atom. The van der Waals surface area contributed by atoms with Gasteiger partial charge in [-0.25, -0.2) is 0 Å². The minimum absolute atomic E-state index is 0.271. The Morgan fingerprint density at radius 3 is 2.89 bits per heavy atom. The predicted octanol–water partition coefficient (Wildman–Crippen LogP) is 1.77. The summed E-state index contributed by atoms with van der Waals surface area (Å²) in [5.41, 5.74) is 0. The number of halogens is 1. The number of aromatic nitrogens is 3. The summed E-state index contributed by atoms with van der Waals surface area (Å²) < 4.78 is 12.9. The van der Waals surface area contributed by atoms with E-state index in [-0.39, 0.29) is 6.10 Å². The van der Waals surface area contributed by atoms with E-state index in [2.05, 4.69) is 14.8 Å². The van der Waals surface area contributed by atoms with Crippen LogP contribution >= 0.6 is 11.6 Å². The monoisotopic (exact) mass is 273 g/mol.